The quantitative estimate of drug-likeness (QED) is 0.602. The molecule has 1 N–H and O–H groups in total. The summed E-state index contributed by atoms with van der Waals surface area (Å²) >= 11 is 0. The van der Waals surface area contributed by atoms with Crippen LogP contribution in [0.3, 0.4) is 0 Å². The maximum absolute atomic E-state index is 11.1. The van der Waals surface area contributed by atoms with E-state index in [2.05, 4.69) is 5.32 Å². The summed E-state index contributed by atoms with van der Waals surface area (Å²) in [5, 5.41) is 2.18. The smallest absolute Gasteiger partial charge is 0.273 e. The van der Waals surface area contributed by atoms with Gasteiger partial charge in [0.05, 0.1) is 0 Å². The Morgan fingerprint density at radius 2 is 2.25 bits per heavy atom. The van der Waals surface area contributed by atoms with Crippen LogP contribution in [0, 0.1) is 0 Å². The zero-order valence-electron chi connectivity index (χ0n) is 6.83. The fourth-order valence-electron chi connectivity index (χ4n) is 1.04. The number of rotatable bonds is 1. The van der Waals surface area contributed by atoms with E-state index in [0.29, 0.717) is 12.1 Å². The Labute approximate surface area is 71.6 Å². The molecule has 0 spiro atoms. The summed E-state index contributed by atoms with van der Waals surface area (Å²) in [7, 11) is -3.55. The largest absolute Gasteiger partial charge is 0.312 e. The zero-order valence-corrected chi connectivity index (χ0v) is 7.65. The van der Waals surface area contributed by atoms with E-state index in [-0.39, 0.29) is 0 Å². The highest BCUT2D eigenvalue weighted by atomic mass is 32.2. The van der Waals surface area contributed by atoms with Gasteiger partial charge in [0.2, 0.25) is 9.84 Å². The second kappa shape index (κ2) is 3.37. The van der Waals surface area contributed by atoms with Crippen LogP contribution in [0.4, 0.5) is 0 Å². The fraction of sp³-hybridized carbons (Fsp3) is 0.571. The lowest BCUT2D eigenvalue weighted by Gasteiger charge is -2.11. The van der Waals surface area contributed by atoms with Crippen molar-refractivity contribution in [2.45, 2.75) is 6.42 Å². The van der Waals surface area contributed by atoms with E-state index in [4.69, 9.17) is 0 Å². The van der Waals surface area contributed by atoms with Crippen LogP contribution in [-0.2, 0) is 14.6 Å². The molecule has 0 amide bonds. The molecule has 0 fully saturated rings. The van der Waals surface area contributed by atoms with E-state index >= 15 is 0 Å². The van der Waals surface area contributed by atoms with Gasteiger partial charge in [0.15, 0.2) is 0 Å². The molecule has 0 atom stereocenters. The average molecular weight is 189 g/mol. The second-order valence-corrected chi connectivity index (χ2v) is 4.67. The highest BCUT2D eigenvalue weighted by molar-refractivity contribution is 8.06. The third kappa shape index (κ3) is 2.15. The first-order valence-corrected chi connectivity index (χ1v) is 5.55. The number of carbonyl (C=O) groups is 1. The standard InChI is InChI=1S/C7H11NO3S/c1-12(10,11)7(9)6-3-2-4-8-5-6/h3,8H,2,4-5H2,1H3. The molecule has 5 heteroatoms. The predicted molar refractivity (Wildman–Crippen MR) is 45.4 cm³/mol. The van der Waals surface area contributed by atoms with Crippen LogP contribution in [0.25, 0.3) is 0 Å². The molecule has 0 saturated heterocycles. The molecular weight excluding hydrogens is 178 g/mol. The molecule has 0 unspecified atom stereocenters. The van der Waals surface area contributed by atoms with Crippen molar-refractivity contribution < 1.29 is 13.2 Å². The van der Waals surface area contributed by atoms with Gasteiger partial charge in [0.25, 0.3) is 5.12 Å². The average Bonchev–Trinajstić information content (AvgIpc) is 2.03. The van der Waals surface area contributed by atoms with Crippen LogP contribution in [-0.4, -0.2) is 32.9 Å². The normalized spacial score (nSPS) is 18.6. The lowest BCUT2D eigenvalue weighted by molar-refractivity contribution is -0.108. The Kier molecular flexibility index (Phi) is 2.64. The van der Waals surface area contributed by atoms with Gasteiger partial charge in [-0.15, -0.1) is 0 Å². The minimum atomic E-state index is -3.55. The number of sulfone groups is 1. The van der Waals surface area contributed by atoms with Crippen LogP contribution in [0.1, 0.15) is 6.42 Å². The number of hydrogen-bond acceptors (Lipinski definition) is 4. The molecule has 4 nitrogen and oxygen atoms in total. The van der Waals surface area contributed by atoms with E-state index in [0.717, 1.165) is 19.2 Å². The van der Waals surface area contributed by atoms with E-state index in [1.807, 2.05) is 0 Å². The fourth-order valence-corrected chi connectivity index (χ4v) is 1.67. The van der Waals surface area contributed by atoms with Gasteiger partial charge in [0.1, 0.15) is 0 Å². The van der Waals surface area contributed by atoms with Crippen molar-refractivity contribution in [2.75, 3.05) is 19.3 Å². The summed E-state index contributed by atoms with van der Waals surface area (Å²) < 4.78 is 21.6. The zero-order chi connectivity index (χ0) is 9.19. The number of hydrogen-bond donors (Lipinski definition) is 1. The van der Waals surface area contributed by atoms with Crippen molar-refractivity contribution >= 4 is 15.0 Å². The van der Waals surface area contributed by atoms with Gasteiger partial charge in [-0.3, -0.25) is 4.79 Å². The second-order valence-electron chi connectivity index (χ2n) is 2.75. The Balaban J connectivity index is 2.84. The summed E-state index contributed by atoms with van der Waals surface area (Å²) in [6.07, 6.45) is 3.33. The van der Waals surface area contributed by atoms with E-state index < -0.39 is 15.0 Å². The molecule has 0 aromatic carbocycles. The van der Waals surface area contributed by atoms with Crippen LogP contribution in [0.2, 0.25) is 0 Å². The molecule has 0 saturated carbocycles. The van der Waals surface area contributed by atoms with E-state index in [1.54, 1.807) is 6.08 Å². The first-order valence-electron chi connectivity index (χ1n) is 3.66. The van der Waals surface area contributed by atoms with Gasteiger partial charge in [-0.2, -0.15) is 0 Å². The highest BCUT2D eigenvalue weighted by Crippen LogP contribution is 2.05. The van der Waals surface area contributed by atoms with Crippen molar-refractivity contribution in [1.82, 2.24) is 5.32 Å². The summed E-state index contributed by atoms with van der Waals surface area (Å²) in [5.74, 6) is 0. The summed E-state index contributed by atoms with van der Waals surface area (Å²) in [6.45, 7) is 1.17. The number of nitrogens with one attached hydrogen (secondary N) is 1. The maximum atomic E-state index is 11.1. The van der Waals surface area contributed by atoms with Gasteiger partial charge in [0, 0.05) is 18.4 Å². The SMILES string of the molecule is CS(=O)(=O)C(=O)C1=CCCNC1. The van der Waals surface area contributed by atoms with Crippen molar-refractivity contribution in [3.63, 3.8) is 0 Å². The Bertz CT molecular complexity index is 316. The molecule has 68 valence electrons. The molecule has 1 aliphatic heterocycles. The molecule has 1 rings (SSSR count). The molecule has 0 aliphatic carbocycles. The molecule has 0 bridgehead atoms. The van der Waals surface area contributed by atoms with Gasteiger partial charge in [-0.25, -0.2) is 8.42 Å². The van der Waals surface area contributed by atoms with Gasteiger partial charge >= 0.3 is 0 Å². The molecular formula is C7H11NO3S. The Hall–Kier alpha value is -0.680. The van der Waals surface area contributed by atoms with Crippen molar-refractivity contribution in [3.05, 3.63) is 11.6 Å². The van der Waals surface area contributed by atoms with Gasteiger partial charge in [-0.1, -0.05) is 6.08 Å². The maximum Gasteiger partial charge on any atom is 0.273 e. The van der Waals surface area contributed by atoms with E-state index in [9.17, 15) is 13.2 Å². The van der Waals surface area contributed by atoms with Crippen LogP contribution < -0.4 is 5.32 Å². The molecule has 0 aromatic rings. The van der Waals surface area contributed by atoms with E-state index in [1.165, 1.54) is 0 Å². The summed E-state index contributed by atoms with van der Waals surface area (Å²) in [5.41, 5.74) is 0.365. The van der Waals surface area contributed by atoms with Crippen LogP contribution in [0.15, 0.2) is 11.6 Å². The van der Waals surface area contributed by atoms with Crippen LogP contribution in [0.5, 0.6) is 0 Å². The Morgan fingerprint density at radius 3 is 2.67 bits per heavy atom. The molecule has 0 radical (unpaired) electrons. The monoisotopic (exact) mass is 189 g/mol. The lowest BCUT2D eigenvalue weighted by atomic mass is 10.2. The molecule has 1 heterocycles. The lowest BCUT2D eigenvalue weighted by Crippen LogP contribution is -2.28. The molecule has 1 aliphatic rings. The topological polar surface area (TPSA) is 63.2 Å². The minimum absolute atomic E-state index is 0.365. The Morgan fingerprint density at radius 1 is 1.58 bits per heavy atom. The van der Waals surface area contributed by atoms with Crippen molar-refractivity contribution in [1.29, 1.82) is 0 Å². The predicted octanol–water partition coefficient (Wildman–Crippen LogP) is -0.523. The van der Waals surface area contributed by atoms with Gasteiger partial charge < -0.3 is 5.32 Å². The minimum Gasteiger partial charge on any atom is -0.312 e. The van der Waals surface area contributed by atoms with Crippen LogP contribution >= 0.6 is 0 Å². The van der Waals surface area contributed by atoms with Crippen molar-refractivity contribution in [3.8, 4) is 0 Å². The summed E-state index contributed by atoms with van der Waals surface area (Å²) in [6, 6.07) is 0. The summed E-state index contributed by atoms with van der Waals surface area (Å²) in [4.78, 5) is 11.1. The highest BCUT2D eigenvalue weighted by Gasteiger charge is 2.21. The van der Waals surface area contributed by atoms with Crippen molar-refractivity contribution in [2.24, 2.45) is 0 Å². The molecule has 12 heavy (non-hydrogen) atoms. The first kappa shape index (κ1) is 9.41. The first-order chi connectivity index (χ1) is 5.52. The van der Waals surface area contributed by atoms with Gasteiger partial charge in [-0.05, 0) is 13.0 Å². The third-order valence-corrected chi connectivity index (χ3v) is 2.56. The third-order valence-electron chi connectivity index (χ3n) is 1.63. The number of carbonyl (C=O) groups excluding carboxylic acids is 1. The molecule has 0 aromatic heterocycles.